The van der Waals surface area contributed by atoms with Gasteiger partial charge in [0, 0.05) is 12.1 Å². The number of rotatable bonds is 13. The van der Waals surface area contributed by atoms with Gasteiger partial charge in [-0.1, -0.05) is 37.1 Å². The number of hydrogen-bond acceptors (Lipinski definition) is 7. The molecule has 8 heteroatoms. The highest BCUT2D eigenvalue weighted by Crippen LogP contribution is 2.14. The van der Waals surface area contributed by atoms with Crippen molar-refractivity contribution in [3.05, 3.63) is 42.2 Å². The van der Waals surface area contributed by atoms with E-state index in [2.05, 4.69) is 16.8 Å². The quantitative estimate of drug-likeness (QED) is 0.0986. The molecule has 0 aliphatic heterocycles. The molecule has 160 valence electrons. The van der Waals surface area contributed by atoms with Crippen LogP contribution >= 0.6 is 0 Å². The first-order valence-electron chi connectivity index (χ1n) is 9.77. The van der Waals surface area contributed by atoms with Crippen LogP contribution in [0.5, 0.6) is 0 Å². The number of aliphatic hydroxyl groups is 1. The molecule has 0 aromatic carbocycles. The lowest BCUT2D eigenvalue weighted by molar-refractivity contribution is -0.686. The maximum absolute atomic E-state index is 12.4. The molecule has 2 atom stereocenters. The lowest BCUT2D eigenvalue weighted by atomic mass is 10.0. The summed E-state index contributed by atoms with van der Waals surface area (Å²) in [6.45, 7) is 2.00. The summed E-state index contributed by atoms with van der Waals surface area (Å²) in [5.74, 6) is -0.850. The van der Waals surface area contributed by atoms with Crippen LogP contribution in [0.15, 0.2) is 41.7 Å². The minimum Gasteiger partial charge on any atom is -0.469 e. The first-order chi connectivity index (χ1) is 14.0. The number of methoxy groups -OCH3 is 1. The molecule has 0 amide bonds. The van der Waals surface area contributed by atoms with Crippen LogP contribution in [0.4, 0.5) is 0 Å². The molecule has 0 bridgehead atoms. The van der Waals surface area contributed by atoms with Crippen LogP contribution in [0.1, 0.15) is 51.1 Å². The normalized spacial score (nSPS) is 13.5. The first-order valence-corrected chi connectivity index (χ1v) is 9.77. The molecule has 29 heavy (non-hydrogen) atoms. The summed E-state index contributed by atoms with van der Waals surface area (Å²) in [4.78, 5) is 23.6. The molecule has 0 saturated heterocycles. The van der Waals surface area contributed by atoms with Gasteiger partial charge in [-0.3, -0.25) is 4.79 Å². The molecule has 0 spiro atoms. The number of pyridine rings is 1. The van der Waals surface area contributed by atoms with E-state index in [0.29, 0.717) is 12.1 Å². The van der Waals surface area contributed by atoms with E-state index >= 15 is 0 Å². The van der Waals surface area contributed by atoms with Crippen molar-refractivity contribution in [2.24, 2.45) is 5.16 Å². The number of aliphatic hydroxyl groups excluding tert-OH is 1. The first kappa shape index (κ1) is 24.3. The van der Waals surface area contributed by atoms with Gasteiger partial charge in [-0.05, 0) is 25.3 Å². The molecule has 0 saturated carbocycles. The smallest absolute Gasteiger partial charge is 0.373 e. The molecule has 0 radical (unpaired) electrons. The monoisotopic (exact) mass is 407 g/mol. The molecule has 1 aromatic heterocycles. The Morgan fingerprint density at radius 2 is 2.03 bits per heavy atom. The van der Waals surface area contributed by atoms with Crippen LogP contribution < -0.4 is 4.57 Å². The van der Waals surface area contributed by atoms with Gasteiger partial charge in [-0.2, -0.15) is 4.57 Å². The van der Waals surface area contributed by atoms with Crippen molar-refractivity contribution in [3.8, 4) is 0 Å². The lowest BCUT2D eigenvalue weighted by Crippen LogP contribution is -2.44. The predicted molar refractivity (Wildman–Crippen MR) is 106 cm³/mol. The van der Waals surface area contributed by atoms with E-state index in [1.54, 1.807) is 41.1 Å². The van der Waals surface area contributed by atoms with Gasteiger partial charge < -0.3 is 19.8 Å². The molecular formula is C21H31N2O6+. The predicted octanol–water partition coefficient (Wildman–Crippen LogP) is 2.14. The summed E-state index contributed by atoms with van der Waals surface area (Å²) < 4.78 is 11.7. The highest BCUT2D eigenvalue weighted by atomic mass is 16.6. The maximum atomic E-state index is 12.4. The van der Waals surface area contributed by atoms with Crippen molar-refractivity contribution in [2.75, 3.05) is 7.11 Å². The third kappa shape index (κ3) is 9.84. The molecular weight excluding hydrogens is 376 g/mol. The van der Waals surface area contributed by atoms with Gasteiger partial charge in [0.25, 0.3) is 0 Å². The van der Waals surface area contributed by atoms with Gasteiger partial charge >= 0.3 is 11.9 Å². The highest BCUT2D eigenvalue weighted by molar-refractivity contribution is 5.75. The van der Waals surface area contributed by atoms with Gasteiger partial charge in [0.05, 0.1) is 19.6 Å². The molecule has 2 unspecified atom stereocenters. The number of esters is 2. The topological polar surface area (TPSA) is 109 Å². The number of aromatic nitrogens is 1. The molecule has 1 aromatic rings. The fraction of sp³-hybridized carbons (Fsp3) is 0.524. The zero-order chi connectivity index (χ0) is 21.5. The van der Waals surface area contributed by atoms with Gasteiger partial charge in [0.1, 0.15) is 12.3 Å². The molecule has 1 rings (SSSR count). The van der Waals surface area contributed by atoms with Gasteiger partial charge in [-0.15, -0.1) is 0 Å². The third-order valence-electron chi connectivity index (χ3n) is 4.33. The van der Waals surface area contributed by atoms with Crippen LogP contribution in [0.2, 0.25) is 0 Å². The Labute approximate surface area is 171 Å². The number of carbonyl (C=O) groups is 2. The molecule has 1 heterocycles. The molecule has 0 fully saturated rings. The average molecular weight is 407 g/mol. The van der Waals surface area contributed by atoms with Crippen molar-refractivity contribution in [1.29, 1.82) is 0 Å². The molecule has 0 aliphatic rings. The number of carbonyl (C=O) groups excluding carboxylic acids is 2. The molecule has 0 aliphatic carbocycles. The summed E-state index contributed by atoms with van der Waals surface area (Å²) in [5.41, 5.74) is 0.542. The Morgan fingerprint density at radius 3 is 2.72 bits per heavy atom. The zero-order valence-electron chi connectivity index (χ0n) is 17.1. The van der Waals surface area contributed by atoms with Crippen molar-refractivity contribution < 1.29 is 33.9 Å². The van der Waals surface area contributed by atoms with Crippen LogP contribution in [0, 0.1) is 0 Å². The second kappa shape index (κ2) is 14.3. The minimum atomic E-state index is -0.871. The summed E-state index contributed by atoms with van der Waals surface area (Å²) in [6, 6.07) is 5.21. The standard InChI is InChI=1S/C21H30N2O6/c1-3-4-5-12-19(18(24)11-6-7-13-20(25)28-2)29-21(26)16-23-14-9-8-10-17(23)15-22-27/h6-10,14-15,18-19,24H,3-5,11-13,16H2,1-2H3/p+1. The largest absolute Gasteiger partial charge is 0.469 e. The van der Waals surface area contributed by atoms with E-state index in [1.165, 1.54) is 13.3 Å². The van der Waals surface area contributed by atoms with Crippen molar-refractivity contribution in [1.82, 2.24) is 0 Å². The van der Waals surface area contributed by atoms with E-state index in [0.717, 1.165) is 19.3 Å². The second-order valence-electron chi connectivity index (χ2n) is 6.58. The van der Waals surface area contributed by atoms with Crippen molar-refractivity contribution in [3.63, 3.8) is 0 Å². The number of hydrogen-bond donors (Lipinski definition) is 2. The van der Waals surface area contributed by atoms with Crippen molar-refractivity contribution >= 4 is 18.2 Å². The number of unbranched alkanes of at least 4 members (excludes halogenated alkanes) is 2. The SMILES string of the molecule is CCCCCC(OC(=O)C[n+]1ccccc1C=NO)C(O)CC=CCC(=O)OC. The van der Waals surface area contributed by atoms with Crippen LogP contribution in [-0.4, -0.2) is 47.8 Å². The Kier molecular flexibility index (Phi) is 12.0. The Bertz CT molecular complexity index is 690. The van der Waals surface area contributed by atoms with Crippen molar-refractivity contribution in [2.45, 2.75) is 64.2 Å². The van der Waals surface area contributed by atoms with Crippen LogP contribution in [0.25, 0.3) is 0 Å². The van der Waals surface area contributed by atoms with Crippen LogP contribution in [-0.2, 0) is 25.6 Å². The minimum absolute atomic E-state index is 0.0721. The summed E-state index contributed by atoms with van der Waals surface area (Å²) in [6.07, 6.45) is 8.47. The van der Waals surface area contributed by atoms with Gasteiger partial charge in [0.15, 0.2) is 6.20 Å². The zero-order valence-corrected chi connectivity index (χ0v) is 17.1. The Morgan fingerprint density at radius 1 is 1.24 bits per heavy atom. The number of oxime groups is 1. The van der Waals surface area contributed by atoms with E-state index in [1.807, 2.05) is 0 Å². The maximum Gasteiger partial charge on any atom is 0.373 e. The van der Waals surface area contributed by atoms with Gasteiger partial charge in [-0.25, -0.2) is 4.79 Å². The number of ether oxygens (including phenoxy) is 2. The lowest BCUT2D eigenvalue weighted by Gasteiger charge is -2.22. The Balaban J connectivity index is 2.71. The second-order valence-corrected chi connectivity index (χ2v) is 6.58. The third-order valence-corrected chi connectivity index (χ3v) is 4.33. The summed E-state index contributed by atoms with van der Waals surface area (Å²) in [5, 5.41) is 22.2. The fourth-order valence-corrected chi connectivity index (χ4v) is 2.73. The highest BCUT2D eigenvalue weighted by Gasteiger charge is 2.24. The van der Waals surface area contributed by atoms with E-state index in [4.69, 9.17) is 9.94 Å². The average Bonchev–Trinajstić information content (AvgIpc) is 2.71. The van der Waals surface area contributed by atoms with E-state index in [-0.39, 0.29) is 25.4 Å². The summed E-state index contributed by atoms with van der Waals surface area (Å²) >= 11 is 0. The van der Waals surface area contributed by atoms with Crippen LogP contribution in [0.3, 0.4) is 0 Å². The van der Waals surface area contributed by atoms with E-state index < -0.39 is 18.2 Å². The molecule has 2 N–H and O–H groups in total. The molecule has 8 nitrogen and oxygen atoms in total. The summed E-state index contributed by atoms with van der Waals surface area (Å²) in [7, 11) is 1.32. The van der Waals surface area contributed by atoms with Gasteiger partial charge in [0.2, 0.25) is 12.2 Å². The Hall–Kier alpha value is -2.74. The fourth-order valence-electron chi connectivity index (χ4n) is 2.73. The number of nitrogens with zero attached hydrogens (tertiary/aromatic N) is 2. The van der Waals surface area contributed by atoms with E-state index in [9.17, 15) is 14.7 Å².